The molecule has 0 aromatic carbocycles. The van der Waals surface area contributed by atoms with Crippen LogP contribution in [-0.2, 0) is 18.3 Å². The van der Waals surface area contributed by atoms with Gasteiger partial charge in [0.25, 0.3) is 0 Å². The minimum atomic E-state index is -0.384. The summed E-state index contributed by atoms with van der Waals surface area (Å²) in [6.07, 6.45) is 0. The Morgan fingerprint density at radius 3 is 2.85 bits per heavy atom. The van der Waals surface area contributed by atoms with E-state index in [1.165, 1.54) is 11.3 Å². The molecule has 0 saturated carbocycles. The van der Waals surface area contributed by atoms with Crippen LogP contribution >= 0.6 is 11.3 Å². The van der Waals surface area contributed by atoms with Gasteiger partial charge in [-0.3, -0.25) is 4.68 Å². The van der Waals surface area contributed by atoms with Crippen LogP contribution < -0.4 is 5.32 Å². The monoisotopic (exact) mass is 294 g/mol. The van der Waals surface area contributed by atoms with Gasteiger partial charge in [0.05, 0.1) is 12.3 Å². The van der Waals surface area contributed by atoms with Crippen molar-refractivity contribution in [3.63, 3.8) is 0 Å². The number of ether oxygens (including phenoxy) is 1. The van der Waals surface area contributed by atoms with Gasteiger partial charge in [-0.25, -0.2) is 9.78 Å². The van der Waals surface area contributed by atoms with Crippen molar-refractivity contribution < 1.29 is 9.53 Å². The fourth-order valence-electron chi connectivity index (χ4n) is 1.89. The number of carbonyl (C=O) groups is 1. The molecule has 0 aliphatic heterocycles. The van der Waals surface area contributed by atoms with Crippen molar-refractivity contribution >= 4 is 22.4 Å². The number of hydrogen-bond acceptors (Lipinski definition) is 6. The smallest absolute Gasteiger partial charge is 0.357 e. The van der Waals surface area contributed by atoms with Crippen molar-refractivity contribution in [2.45, 2.75) is 27.3 Å². The van der Waals surface area contributed by atoms with Crippen LogP contribution in [0.2, 0.25) is 0 Å². The summed E-state index contributed by atoms with van der Waals surface area (Å²) in [4.78, 5) is 15.7. The fraction of sp³-hybridized carbons (Fsp3) is 0.462. The van der Waals surface area contributed by atoms with Crippen molar-refractivity contribution in [2.75, 3.05) is 11.9 Å². The van der Waals surface area contributed by atoms with Gasteiger partial charge < -0.3 is 10.1 Å². The van der Waals surface area contributed by atoms with Crippen LogP contribution in [0.15, 0.2) is 5.38 Å². The molecule has 6 nitrogen and oxygen atoms in total. The van der Waals surface area contributed by atoms with Gasteiger partial charge in [0.1, 0.15) is 0 Å². The molecule has 0 bridgehead atoms. The van der Waals surface area contributed by atoms with Crippen LogP contribution in [0.4, 0.5) is 5.13 Å². The van der Waals surface area contributed by atoms with Gasteiger partial charge in [0, 0.05) is 30.2 Å². The maximum absolute atomic E-state index is 11.5. The summed E-state index contributed by atoms with van der Waals surface area (Å²) >= 11 is 1.39. The third-order valence-electron chi connectivity index (χ3n) is 3.06. The third kappa shape index (κ3) is 2.98. The molecular weight excluding hydrogens is 276 g/mol. The lowest BCUT2D eigenvalue weighted by molar-refractivity contribution is 0.0520. The first-order valence-electron chi connectivity index (χ1n) is 6.38. The predicted molar refractivity (Wildman–Crippen MR) is 78.1 cm³/mol. The molecule has 0 aliphatic rings. The number of aromatic nitrogens is 3. The van der Waals surface area contributed by atoms with E-state index in [0.29, 0.717) is 24.0 Å². The Morgan fingerprint density at radius 1 is 1.50 bits per heavy atom. The molecule has 1 N–H and O–H groups in total. The molecule has 2 rings (SSSR count). The molecule has 0 aliphatic carbocycles. The largest absolute Gasteiger partial charge is 0.461 e. The summed E-state index contributed by atoms with van der Waals surface area (Å²) in [5.41, 5.74) is 3.62. The lowest BCUT2D eigenvalue weighted by Crippen LogP contribution is -2.06. The van der Waals surface area contributed by atoms with Crippen LogP contribution in [0.1, 0.15) is 34.4 Å². The van der Waals surface area contributed by atoms with Crippen LogP contribution in [0.5, 0.6) is 0 Å². The van der Waals surface area contributed by atoms with E-state index in [1.807, 2.05) is 25.6 Å². The number of carbonyl (C=O) groups excluding carboxylic acids is 1. The average Bonchev–Trinajstić information content (AvgIpc) is 2.95. The first-order valence-corrected chi connectivity index (χ1v) is 7.26. The quantitative estimate of drug-likeness (QED) is 0.857. The minimum absolute atomic E-state index is 0.346. The molecule has 0 saturated heterocycles. The highest BCUT2D eigenvalue weighted by atomic mass is 32.1. The molecule has 0 radical (unpaired) electrons. The first kappa shape index (κ1) is 14.5. The minimum Gasteiger partial charge on any atom is -0.461 e. The second-order valence-electron chi connectivity index (χ2n) is 4.38. The molecular formula is C13H18N4O2S. The van der Waals surface area contributed by atoms with Gasteiger partial charge in [-0.05, 0) is 20.8 Å². The molecule has 108 valence electrons. The van der Waals surface area contributed by atoms with Crippen LogP contribution in [0.25, 0.3) is 0 Å². The zero-order valence-corrected chi connectivity index (χ0v) is 12.9. The maximum atomic E-state index is 11.5. The van der Waals surface area contributed by atoms with Crippen molar-refractivity contribution in [1.82, 2.24) is 14.8 Å². The highest BCUT2D eigenvalue weighted by molar-refractivity contribution is 7.13. The van der Waals surface area contributed by atoms with Crippen molar-refractivity contribution in [3.05, 3.63) is 28.0 Å². The number of esters is 1. The number of rotatable bonds is 5. The van der Waals surface area contributed by atoms with Crippen LogP contribution in [-0.4, -0.2) is 27.3 Å². The fourth-order valence-corrected chi connectivity index (χ4v) is 2.57. The Kier molecular flexibility index (Phi) is 4.39. The Hall–Kier alpha value is -1.89. The molecule has 2 aromatic heterocycles. The van der Waals surface area contributed by atoms with E-state index in [0.717, 1.165) is 17.0 Å². The third-order valence-corrected chi connectivity index (χ3v) is 3.86. The van der Waals surface area contributed by atoms with E-state index >= 15 is 0 Å². The van der Waals surface area contributed by atoms with E-state index in [1.54, 1.807) is 12.3 Å². The molecule has 2 aromatic rings. The summed E-state index contributed by atoms with van der Waals surface area (Å²) in [5.74, 6) is -0.384. The SMILES string of the molecule is CCOC(=O)c1csc(NCc2c(C)nn(C)c2C)n1. The molecule has 0 atom stereocenters. The predicted octanol–water partition coefficient (Wildman–Crippen LogP) is 2.28. The highest BCUT2D eigenvalue weighted by Crippen LogP contribution is 2.19. The van der Waals surface area contributed by atoms with Gasteiger partial charge in [-0.15, -0.1) is 11.3 Å². The van der Waals surface area contributed by atoms with Gasteiger partial charge in [-0.2, -0.15) is 5.10 Å². The Balaban J connectivity index is 2.03. The highest BCUT2D eigenvalue weighted by Gasteiger charge is 2.13. The normalized spacial score (nSPS) is 10.6. The molecule has 0 spiro atoms. The molecule has 2 heterocycles. The number of nitrogens with one attached hydrogen (secondary N) is 1. The number of hydrogen-bond donors (Lipinski definition) is 1. The molecule has 7 heteroatoms. The topological polar surface area (TPSA) is 69.0 Å². The van der Waals surface area contributed by atoms with Crippen molar-refractivity contribution in [2.24, 2.45) is 7.05 Å². The lowest BCUT2D eigenvalue weighted by Gasteiger charge is -2.03. The second kappa shape index (κ2) is 6.04. The maximum Gasteiger partial charge on any atom is 0.357 e. The summed E-state index contributed by atoms with van der Waals surface area (Å²) in [7, 11) is 1.92. The molecule has 0 fully saturated rings. The average molecular weight is 294 g/mol. The lowest BCUT2D eigenvalue weighted by atomic mass is 10.2. The Bertz CT molecular complexity index is 618. The van der Waals surface area contributed by atoms with Gasteiger partial charge in [-0.1, -0.05) is 0 Å². The molecule has 0 amide bonds. The van der Waals surface area contributed by atoms with Crippen LogP contribution in [0.3, 0.4) is 0 Å². The van der Waals surface area contributed by atoms with Gasteiger partial charge in [0.2, 0.25) is 0 Å². The Labute approximate surface area is 121 Å². The van der Waals surface area contributed by atoms with E-state index in [4.69, 9.17) is 4.74 Å². The van der Waals surface area contributed by atoms with Crippen molar-refractivity contribution in [1.29, 1.82) is 0 Å². The number of anilines is 1. The standard InChI is InChI=1S/C13H18N4O2S/c1-5-19-12(18)11-7-20-13(15-11)14-6-10-8(2)16-17(4)9(10)3/h7H,5-6H2,1-4H3,(H,14,15). The molecule has 20 heavy (non-hydrogen) atoms. The summed E-state index contributed by atoms with van der Waals surface area (Å²) in [6.45, 7) is 6.78. The van der Waals surface area contributed by atoms with Crippen LogP contribution in [0, 0.1) is 13.8 Å². The number of aryl methyl sites for hydroxylation is 2. The number of thiazole rings is 1. The van der Waals surface area contributed by atoms with Gasteiger partial charge >= 0.3 is 5.97 Å². The van der Waals surface area contributed by atoms with E-state index in [-0.39, 0.29) is 5.97 Å². The summed E-state index contributed by atoms with van der Waals surface area (Å²) < 4.78 is 6.77. The van der Waals surface area contributed by atoms with Crippen molar-refractivity contribution in [3.8, 4) is 0 Å². The summed E-state index contributed by atoms with van der Waals surface area (Å²) in [6, 6.07) is 0. The first-order chi connectivity index (χ1) is 9.52. The van der Waals surface area contributed by atoms with E-state index < -0.39 is 0 Å². The molecule has 0 unspecified atom stereocenters. The van der Waals surface area contributed by atoms with Gasteiger partial charge in [0.15, 0.2) is 10.8 Å². The number of nitrogens with zero attached hydrogens (tertiary/aromatic N) is 3. The zero-order valence-electron chi connectivity index (χ0n) is 12.1. The van der Waals surface area contributed by atoms with E-state index in [9.17, 15) is 4.79 Å². The second-order valence-corrected chi connectivity index (χ2v) is 5.24. The Morgan fingerprint density at radius 2 is 2.25 bits per heavy atom. The zero-order chi connectivity index (χ0) is 14.7. The van der Waals surface area contributed by atoms with E-state index in [2.05, 4.69) is 15.4 Å². The summed E-state index contributed by atoms with van der Waals surface area (Å²) in [5, 5.41) is 9.99.